The maximum Gasteiger partial charge on any atom is 0.240 e. The number of nitrogens with one attached hydrogen (secondary N) is 2. The second-order valence-corrected chi connectivity index (χ2v) is 9.27. The second kappa shape index (κ2) is 9.06. The minimum Gasteiger partial charge on any atom is -0.490 e. The van der Waals surface area contributed by atoms with Crippen LogP contribution in [0.15, 0.2) is 41.3 Å². The van der Waals surface area contributed by atoms with Gasteiger partial charge in [-0.15, -0.1) is 0 Å². The predicted molar refractivity (Wildman–Crippen MR) is 114 cm³/mol. The molecule has 0 saturated carbocycles. The third kappa shape index (κ3) is 4.76. The molecule has 0 aromatic heterocycles. The Morgan fingerprint density at radius 3 is 2.63 bits per heavy atom. The lowest BCUT2D eigenvalue weighted by molar-refractivity contribution is -0.116. The largest absolute Gasteiger partial charge is 0.490 e. The minimum atomic E-state index is -3.75. The van der Waals surface area contributed by atoms with Crippen molar-refractivity contribution in [1.29, 1.82) is 0 Å². The van der Waals surface area contributed by atoms with Crippen molar-refractivity contribution in [2.24, 2.45) is 0 Å². The van der Waals surface area contributed by atoms with Gasteiger partial charge in [0.1, 0.15) is 0 Å². The van der Waals surface area contributed by atoms with Crippen LogP contribution in [0.4, 0.5) is 5.69 Å². The van der Waals surface area contributed by atoms with Gasteiger partial charge in [0.25, 0.3) is 0 Å². The Morgan fingerprint density at radius 2 is 1.77 bits per heavy atom. The number of hydrogen-bond donors (Lipinski definition) is 2. The molecule has 30 heavy (non-hydrogen) atoms. The molecule has 0 atom stereocenters. The van der Waals surface area contributed by atoms with Crippen molar-refractivity contribution in [2.75, 3.05) is 25.1 Å². The van der Waals surface area contributed by atoms with E-state index in [1.54, 1.807) is 6.07 Å². The van der Waals surface area contributed by atoms with Gasteiger partial charge in [-0.2, -0.15) is 0 Å². The zero-order valence-electron chi connectivity index (χ0n) is 16.8. The van der Waals surface area contributed by atoms with Gasteiger partial charge in [0.05, 0.1) is 18.1 Å². The van der Waals surface area contributed by atoms with Gasteiger partial charge in [-0.1, -0.05) is 12.1 Å². The van der Waals surface area contributed by atoms with E-state index in [9.17, 15) is 13.2 Å². The molecule has 0 bridgehead atoms. The van der Waals surface area contributed by atoms with Crippen molar-refractivity contribution in [3.63, 3.8) is 0 Å². The zero-order valence-corrected chi connectivity index (χ0v) is 17.6. The van der Waals surface area contributed by atoms with Gasteiger partial charge >= 0.3 is 0 Å². The number of carbonyl (C=O) groups excluding carboxylic acids is 1. The summed E-state index contributed by atoms with van der Waals surface area (Å²) in [4.78, 5) is 12.5. The van der Waals surface area contributed by atoms with E-state index in [4.69, 9.17) is 9.47 Å². The third-order valence-electron chi connectivity index (χ3n) is 5.34. The maximum atomic E-state index is 12.6. The van der Waals surface area contributed by atoms with Gasteiger partial charge in [-0.3, -0.25) is 4.79 Å². The van der Waals surface area contributed by atoms with Crippen LogP contribution in [-0.4, -0.2) is 34.1 Å². The lowest BCUT2D eigenvalue weighted by Crippen LogP contribution is -2.28. The van der Waals surface area contributed by atoms with Crippen molar-refractivity contribution < 1.29 is 22.7 Å². The van der Waals surface area contributed by atoms with E-state index in [1.165, 1.54) is 29.7 Å². The molecule has 0 unspecified atom stereocenters. The van der Waals surface area contributed by atoms with E-state index in [-0.39, 0.29) is 23.8 Å². The number of rotatable bonds is 6. The molecule has 1 heterocycles. The topological polar surface area (TPSA) is 93.7 Å². The fraction of sp³-hybridized carbons (Fsp3) is 0.409. The Morgan fingerprint density at radius 1 is 0.967 bits per heavy atom. The lowest BCUT2D eigenvalue weighted by atomic mass is 9.90. The first kappa shape index (κ1) is 20.7. The number of aryl methyl sites for hydroxylation is 1. The first-order valence-electron chi connectivity index (χ1n) is 10.3. The lowest BCUT2D eigenvalue weighted by Gasteiger charge is -2.19. The van der Waals surface area contributed by atoms with Gasteiger partial charge in [-0.05, 0) is 55.0 Å². The smallest absolute Gasteiger partial charge is 0.240 e. The summed E-state index contributed by atoms with van der Waals surface area (Å²) in [6, 6.07) is 10.5. The summed E-state index contributed by atoms with van der Waals surface area (Å²) in [6.07, 6.45) is 5.08. The molecule has 2 N–H and O–H groups in total. The molecule has 8 heteroatoms. The van der Waals surface area contributed by atoms with Gasteiger partial charge in [-0.25, -0.2) is 13.1 Å². The van der Waals surface area contributed by atoms with Crippen molar-refractivity contribution in [1.82, 2.24) is 4.72 Å². The molecule has 1 aliphatic carbocycles. The third-order valence-corrected chi connectivity index (χ3v) is 6.80. The van der Waals surface area contributed by atoms with Crippen LogP contribution in [0.25, 0.3) is 0 Å². The molecule has 1 amide bonds. The first-order valence-corrected chi connectivity index (χ1v) is 11.8. The molecule has 2 aromatic carbocycles. The second-order valence-electron chi connectivity index (χ2n) is 7.51. The first-order chi connectivity index (χ1) is 14.5. The molecule has 0 spiro atoms. The molecule has 7 nitrogen and oxygen atoms in total. The summed E-state index contributed by atoms with van der Waals surface area (Å²) in [7, 11) is -3.75. The number of ether oxygens (including phenoxy) is 2. The van der Waals surface area contributed by atoms with E-state index in [0.29, 0.717) is 24.7 Å². The molecule has 2 aliphatic rings. The highest BCUT2D eigenvalue weighted by Crippen LogP contribution is 2.32. The summed E-state index contributed by atoms with van der Waals surface area (Å²) in [6.45, 7) is 1.03. The molecule has 0 radical (unpaired) electrons. The van der Waals surface area contributed by atoms with Crippen LogP contribution in [0.5, 0.6) is 11.5 Å². The van der Waals surface area contributed by atoms with Gasteiger partial charge in [0, 0.05) is 31.1 Å². The fourth-order valence-corrected chi connectivity index (χ4v) is 4.85. The molecule has 1 aliphatic heterocycles. The number of sulfonamides is 1. The molecule has 0 fully saturated rings. The van der Waals surface area contributed by atoms with Crippen LogP contribution in [0.3, 0.4) is 0 Å². The fourth-order valence-electron chi connectivity index (χ4n) is 3.80. The van der Waals surface area contributed by atoms with Crippen molar-refractivity contribution in [2.45, 2.75) is 43.4 Å². The monoisotopic (exact) mass is 430 g/mol. The SMILES string of the molecule is O=C(CCNS(=O)(=O)c1ccc2c(c1)OCCCO2)Nc1cccc2c1CCCC2. The Bertz CT molecular complexity index is 1040. The summed E-state index contributed by atoms with van der Waals surface area (Å²) >= 11 is 0. The van der Waals surface area contributed by atoms with Crippen LogP contribution < -0.4 is 19.5 Å². The van der Waals surface area contributed by atoms with E-state index in [2.05, 4.69) is 16.1 Å². The Balaban J connectivity index is 1.35. The Kier molecular flexibility index (Phi) is 6.24. The number of hydrogen-bond acceptors (Lipinski definition) is 5. The quantitative estimate of drug-likeness (QED) is 0.735. The molecular formula is C22H26N2O5S. The van der Waals surface area contributed by atoms with E-state index < -0.39 is 10.0 Å². The van der Waals surface area contributed by atoms with E-state index in [1.807, 2.05) is 12.1 Å². The average molecular weight is 431 g/mol. The normalized spacial score (nSPS) is 15.7. The van der Waals surface area contributed by atoms with Crippen molar-refractivity contribution >= 4 is 21.6 Å². The summed E-state index contributed by atoms with van der Waals surface area (Å²) in [5.74, 6) is 0.745. The van der Waals surface area contributed by atoms with Gasteiger partial charge < -0.3 is 14.8 Å². The number of carbonyl (C=O) groups is 1. The van der Waals surface area contributed by atoms with E-state index >= 15 is 0 Å². The van der Waals surface area contributed by atoms with Crippen LogP contribution in [0, 0.1) is 0 Å². The van der Waals surface area contributed by atoms with Crippen molar-refractivity contribution in [3.05, 3.63) is 47.5 Å². The highest BCUT2D eigenvalue weighted by molar-refractivity contribution is 7.89. The molecule has 4 rings (SSSR count). The number of anilines is 1. The highest BCUT2D eigenvalue weighted by atomic mass is 32.2. The minimum absolute atomic E-state index is 0.0115. The van der Waals surface area contributed by atoms with Gasteiger partial charge in [0.15, 0.2) is 11.5 Å². The summed E-state index contributed by atoms with van der Waals surface area (Å²) in [5, 5.41) is 2.93. The highest BCUT2D eigenvalue weighted by Gasteiger charge is 2.19. The van der Waals surface area contributed by atoms with Crippen LogP contribution in [0.1, 0.15) is 36.8 Å². The number of benzene rings is 2. The van der Waals surface area contributed by atoms with Crippen molar-refractivity contribution in [3.8, 4) is 11.5 Å². The maximum absolute atomic E-state index is 12.6. The number of fused-ring (bicyclic) bond motifs is 2. The summed E-state index contributed by atoms with van der Waals surface area (Å²) in [5.41, 5.74) is 3.32. The number of amides is 1. The summed E-state index contributed by atoms with van der Waals surface area (Å²) < 4.78 is 38.8. The molecular weight excluding hydrogens is 404 g/mol. The standard InChI is InChI=1S/C22H26N2O5S/c25-22(24-19-8-3-6-16-5-1-2-7-18(16)19)11-12-23-30(26,27)17-9-10-20-21(15-17)29-14-4-13-28-20/h3,6,8-10,15,23H,1-2,4-5,7,11-14H2,(H,24,25). The Hall–Kier alpha value is -2.58. The molecule has 160 valence electrons. The van der Waals surface area contributed by atoms with E-state index in [0.717, 1.165) is 31.4 Å². The molecule has 0 saturated heterocycles. The zero-order chi connectivity index (χ0) is 21.0. The van der Waals surface area contributed by atoms with Crippen LogP contribution >= 0.6 is 0 Å². The molecule has 2 aromatic rings. The Labute approximate surface area is 176 Å². The van der Waals surface area contributed by atoms with Crippen LogP contribution in [0.2, 0.25) is 0 Å². The predicted octanol–water partition coefficient (Wildman–Crippen LogP) is 3.03. The van der Waals surface area contributed by atoms with Gasteiger partial charge in [0.2, 0.25) is 15.9 Å². The van der Waals surface area contributed by atoms with Crippen LogP contribution in [-0.2, 0) is 27.7 Å². The average Bonchev–Trinajstić information content (AvgIpc) is 2.99.